The highest BCUT2D eigenvalue weighted by molar-refractivity contribution is 5.32. The zero-order valence-electron chi connectivity index (χ0n) is 12.7. The maximum Gasteiger partial charge on any atom is 0.0455 e. The Morgan fingerprint density at radius 2 is 1.75 bits per heavy atom. The van der Waals surface area contributed by atoms with Crippen LogP contribution in [0.25, 0.3) is 0 Å². The normalized spacial score (nSPS) is 28.1. The molecule has 1 aromatic carbocycles. The molecule has 2 atom stereocenters. The Labute approximate surface area is 123 Å². The quantitative estimate of drug-likeness (QED) is 0.833. The molecule has 2 N–H and O–H groups in total. The van der Waals surface area contributed by atoms with Gasteiger partial charge in [0.1, 0.15) is 0 Å². The van der Waals surface area contributed by atoms with Crippen LogP contribution in [0.3, 0.4) is 0 Å². The second-order valence-corrected chi connectivity index (χ2v) is 6.64. The minimum atomic E-state index is 0.181. The van der Waals surface area contributed by atoms with Crippen molar-refractivity contribution in [2.45, 2.75) is 69.5 Å². The van der Waals surface area contributed by atoms with Crippen molar-refractivity contribution in [3.8, 4) is 0 Å². The van der Waals surface area contributed by atoms with Gasteiger partial charge in [-0.25, -0.2) is 0 Å². The number of nitrogens with zero attached hydrogens (tertiary/aromatic N) is 1. The van der Waals surface area contributed by atoms with Crippen LogP contribution >= 0.6 is 0 Å². The van der Waals surface area contributed by atoms with E-state index in [1.165, 1.54) is 62.5 Å². The average molecular weight is 272 g/mol. The summed E-state index contributed by atoms with van der Waals surface area (Å²) in [6, 6.07) is 10.2. The van der Waals surface area contributed by atoms with Crippen LogP contribution in [0.2, 0.25) is 0 Å². The SMILES string of the molecule is CN(C1CCCCC1)C1CCCc2ccccc2C1N. The van der Waals surface area contributed by atoms with Crippen LogP contribution in [0, 0.1) is 0 Å². The van der Waals surface area contributed by atoms with Crippen molar-refractivity contribution < 1.29 is 0 Å². The predicted molar refractivity (Wildman–Crippen MR) is 84.7 cm³/mol. The summed E-state index contributed by atoms with van der Waals surface area (Å²) in [5, 5.41) is 0. The van der Waals surface area contributed by atoms with Gasteiger partial charge in [0, 0.05) is 18.1 Å². The third-order valence-electron chi connectivity index (χ3n) is 5.45. The molecule has 1 fully saturated rings. The Balaban J connectivity index is 1.79. The molecule has 2 unspecified atom stereocenters. The Hall–Kier alpha value is -0.860. The lowest BCUT2D eigenvalue weighted by Gasteiger charge is -2.39. The third-order valence-corrected chi connectivity index (χ3v) is 5.45. The first-order chi connectivity index (χ1) is 9.77. The van der Waals surface area contributed by atoms with E-state index in [2.05, 4.69) is 36.2 Å². The number of nitrogens with two attached hydrogens (primary N) is 1. The fraction of sp³-hybridized carbons (Fsp3) is 0.667. The van der Waals surface area contributed by atoms with E-state index < -0.39 is 0 Å². The van der Waals surface area contributed by atoms with Gasteiger partial charge in [-0.2, -0.15) is 0 Å². The first kappa shape index (κ1) is 14.1. The molecular formula is C18H28N2. The number of hydrogen-bond acceptors (Lipinski definition) is 2. The van der Waals surface area contributed by atoms with Crippen molar-refractivity contribution in [2.24, 2.45) is 5.73 Å². The number of fused-ring (bicyclic) bond motifs is 1. The topological polar surface area (TPSA) is 29.3 Å². The maximum atomic E-state index is 6.66. The number of likely N-dealkylation sites (N-methyl/N-ethyl adjacent to an activating group) is 1. The molecule has 20 heavy (non-hydrogen) atoms. The van der Waals surface area contributed by atoms with E-state index in [9.17, 15) is 0 Å². The molecular weight excluding hydrogens is 244 g/mol. The van der Waals surface area contributed by atoms with E-state index in [4.69, 9.17) is 5.73 Å². The van der Waals surface area contributed by atoms with E-state index in [1.54, 1.807) is 0 Å². The molecule has 2 aliphatic carbocycles. The van der Waals surface area contributed by atoms with Gasteiger partial charge in [-0.05, 0) is 50.3 Å². The van der Waals surface area contributed by atoms with E-state index in [1.807, 2.05) is 0 Å². The third kappa shape index (κ3) is 2.77. The highest BCUT2D eigenvalue weighted by Gasteiger charge is 2.31. The Morgan fingerprint density at radius 3 is 2.55 bits per heavy atom. The first-order valence-corrected chi connectivity index (χ1v) is 8.32. The monoisotopic (exact) mass is 272 g/mol. The van der Waals surface area contributed by atoms with Crippen LogP contribution in [0.15, 0.2) is 24.3 Å². The van der Waals surface area contributed by atoms with Gasteiger partial charge >= 0.3 is 0 Å². The largest absolute Gasteiger partial charge is 0.323 e. The number of hydrogen-bond donors (Lipinski definition) is 1. The molecule has 0 aromatic heterocycles. The van der Waals surface area contributed by atoms with E-state index in [0.717, 1.165) is 6.04 Å². The molecule has 0 heterocycles. The second-order valence-electron chi connectivity index (χ2n) is 6.64. The first-order valence-electron chi connectivity index (χ1n) is 8.32. The van der Waals surface area contributed by atoms with Crippen molar-refractivity contribution >= 4 is 0 Å². The van der Waals surface area contributed by atoms with E-state index in [0.29, 0.717) is 6.04 Å². The van der Waals surface area contributed by atoms with Gasteiger partial charge in [0.05, 0.1) is 0 Å². The smallest absolute Gasteiger partial charge is 0.0455 e. The molecule has 3 rings (SSSR count). The van der Waals surface area contributed by atoms with Crippen LogP contribution in [0.1, 0.15) is 62.1 Å². The lowest BCUT2D eigenvalue weighted by Crippen LogP contribution is -2.46. The molecule has 0 amide bonds. The van der Waals surface area contributed by atoms with Crippen molar-refractivity contribution in [1.82, 2.24) is 4.90 Å². The lowest BCUT2D eigenvalue weighted by atomic mass is 9.90. The zero-order valence-corrected chi connectivity index (χ0v) is 12.7. The number of rotatable bonds is 2. The highest BCUT2D eigenvalue weighted by Crippen LogP contribution is 2.33. The fourth-order valence-corrected chi connectivity index (χ4v) is 4.19. The van der Waals surface area contributed by atoms with E-state index >= 15 is 0 Å². The van der Waals surface area contributed by atoms with Gasteiger partial charge in [0.2, 0.25) is 0 Å². The Bertz CT molecular complexity index is 437. The van der Waals surface area contributed by atoms with Crippen LogP contribution < -0.4 is 5.73 Å². The van der Waals surface area contributed by atoms with Crippen LogP contribution in [0.5, 0.6) is 0 Å². The maximum absolute atomic E-state index is 6.66. The van der Waals surface area contributed by atoms with Gasteiger partial charge in [0.15, 0.2) is 0 Å². The summed E-state index contributed by atoms with van der Waals surface area (Å²) >= 11 is 0. The van der Waals surface area contributed by atoms with Crippen LogP contribution in [-0.4, -0.2) is 24.0 Å². The van der Waals surface area contributed by atoms with Crippen molar-refractivity contribution in [3.63, 3.8) is 0 Å². The van der Waals surface area contributed by atoms with Crippen molar-refractivity contribution in [2.75, 3.05) is 7.05 Å². The summed E-state index contributed by atoms with van der Waals surface area (Å²) in [7, 11) is 2.31. The van der Waals surface area contributed by atoms with Gasteiger partial charge in [-0.1, -0.05) is 43.5 Å². The Kier molecular flexibility index (Phi) is 4.42. The lowest BCUT2D eigenvalue weighted by molar-refractivity contribution is 0.114. The fourth-order valence-electron chi connectivity index (χ4n) is 4.19. The minimum Gasteiger partial charge on any atom is -0.323 e. The molecule has 0 radical (unpaired) electrons. The Morgan fingerprint density at radius 1 is 1.00 bits per heavy atom. The van der Waals surface area contributed by atoms with Gasteiger partial charge < -0.3 is 5.73 Å². The van der Waals surface area contributed by atoms with Crippen molar-refractivity contribution in [1.29, 1.82) is 0 Å². The molecule has 0 saturated heterocycles. The standard InChI is InChI=1S/C18H28N2/c1-20(15-10-3-2-4-11-15)17-13-7-9-14-8-5-6-12-16(14)18(17)19/h5-6,8,12,15,17-18H,2-4,7,9-11,13,19H2,1H3. The zero-order chi connectivity index (χ0) is 13.9. The van der Waals surface area contributed by atoms with E-state index in [-0.39, 0.29) is 6.04 Å². The second kappa shape index (κ2) is 6.28. The molecule has 0 spiro atoms. The molecule has 2 nitrogen and oxygen atoms in total. The number of aryl methyl sites for hydroxylation is 1. The van der Waals surface area contributed by atoms with Gasteiger partial charge in [-0.3, -0.25) is 4.90 Å². The van der Waals surface area contributed by atoms with Crippen LogP contribution in [-0.2, 0) is 6.42 Å². The number of benzene rings is 1. The van der Waals surface area contributed by atoms with Crippen LogP contribution in [0.4, 0.5) is 0 Å². The molecule has 2 aliphatic rings. The van der Waals surface area contributed by atoms with Gasteiger partial charge in [-0.15, -0.1) is 0 Å². The minimum absolute atomic E-state index is 0.181. The summed E-state index contributed by atoms with van der Waals surface area (Å²) in [6.07, 6.45) is 10.6. The molecule has 0 bridgehead atoms. The molecule has 0 aliphatic heterocycles. The molecule has 1 aromatic rings. The van der Waals surface area contributed by atoms with Crippen molar-refractivity contribution in [3.05, 3.63) is 35.4 Å². The highest BCUT2D eigenvalue weighted by atomic mass is 15.2. The summed E-state index contributed by atoms with van der Waals surface area (Å²) < 4.78 is 0. The summed E-state index contributed by atoms with van der Waals surface area (Å²) in [5.41, 5.74) is 9.52. The molecule has 1 saturated carbocycles. The summed E-state index contributed by atoms with van der Waals surface area (Å²) in [5.74, 6) is 0. The van der Waals surface area contributed by atoms with Gasteiger partial charge in [0.25, 0.3) is 0 Å². The summed E-state index contributed by atoms with van der Waals surface area (Å²) in [4.78, 5) is 2.62. The summed E-state index contributed by atoms with van der Waals surface area (Å²) in [6.45, 7) is 0. The predicted octanol–water partition coefficient (Wildman–Crippen LogP) is 3.66. The average Bonchev–Trinajstić information content (AvgIpc) is 2.67. The molecule has 110 valence electrons. The molecule has 2 heteroatoms.